The number of hydrogen-bond acceptors (Lipinski definition) is 3. The van der Waals surface area contributed by atoms with Gasteiger partial charge < -0.3 is 15.9 Å². The van der Waals surface area contributed by atoms with E-state index in [0.717, 1.165) is 0 Å². The highest BCUT2D eigenvalue weighted by Gasteiger charge is 2.34. The average molecular weight is 216 g/mol. The molecule has 0 fully saturated rings. The zero-order valence-electron chi connectivity index (χ0n) is 6.70. The summed E-state index contributed by atoms with van der Waals surface area (Å²) in [6.45, 7) is -1.27. The van der Waals surface area contributed by atoms with Crippen LogP contribution in [0.2, 0.25) is 0 Å². The standard InChI is InChI=1S/C6H10FNO4.ClH/c7-3-6(8,5(11)12)2-1-4(9)10;/h1-3,8H2,(H,9,10)(H,11,12);1H. The maximum atomic E-state index is 12.0. The van der Waals surface area contributed by atoms with Crippen molar-refractivity contribution in [1.82, 2.24) is 0 Å². The first-order chi connectivity index (χ1) is 5.42. The molecule has 78 valence electrons. The summed E-state index contributed by atoms with van der Waals surface area (Å²) in [5.41, 5.74) is 2.99. The molecule has 13 heavy (non-hydrogen) atoms. The Morgan fingerprint density at radius 1 is 1.38 bits per heavy atom. The zero-order valence-corrected chi connectivity index (χ0v) is 7.51. The van der Waals surface area contributed by atoms with E-state index in [9.17, 15) is 14.0 Å². The number of alkyl halides is 1. The minimum Gasteiger partial charge on any atom is -0.481 e. The molecule has 0 aliphatic carbocycles. The van der Waals surface area contributed by atoms with E-state index in [0.29, 0.717) is 0 Å². The van der Waals surface area contributed by atoms with Crippen molar-refractivity contribution in [3.8, 4) is 0 Å². The van der Waals surface area contributed by atoms with Crippen LogP contribution in [0.3, 0.4) is 0 Å². The summed E-state index contributed by atoms with van der Waals surface area (Å²) in [7, 11) is 0. The lowest BCUT2D eigenvalue weighted by atomic mass is 9.97. The molecule has 0 amide bonds. The van der Waals surface area contributed by atoms with E-state index in [1.54, 1.807) is 0 Å². The summed E-state index contributed by atoms with van der Waals surface area (Å²) in [5.74, 6) is -2.72. The van der Waals surface area contributed by atoms with Crippen LogP contribution in [0.1, 0.15) is 12.8 Å². The van der Waals surface area contributed by atoms with Gasteiger partial charge in [-0.1, -0.05) is 0 Å². The van der Waals surface area contributed by atoms with Gasteiger partial charge in [-0.3, -0.25) is 9.59 Å². The van der Waals surface area contributed by atoms with Crippen molar-refractivity contribution in [2.24, 2.45) is 5.73 Å². The Balaban J connectivity index is 0. The predicted molar refractivity (Wildman–Crippen MR) is 44.6 cm³/mol. The number of halogens is 2. The van der Waals surface area contributed by atoms with Crippen LogP contribution in [0.5, 0.6) is 0 Å². The van der Waals surface area contributed by atoms with E-state index in [2.05, 4.69) is 0 Å². The molecule has 0 rings (SSSR count). The van der Waals surface area contributed by atoms with Crippen molar-refractivity contribution < 1.29 is 24.2 Å². The molecule has 0 spiro atoms. The molecule has 0 heterocycles. The Morgan fingerprint density at radius 3 is 2.08 bits per heavy atom. The first-order valence-corrected chi connectivity index (χ1v) is 3.22. The van der Waals surface area contributed by atoms with E-state index in [1.165, 1.54) is 0 Å². The average Bonchev–Trinajstić information content (AvgIpc) is 1.99. The number of carbonyl (C=O) groups is 2. The number of aliphatic carboxylic acids is 2. The lowest BCUT2D eigenvalue weighted by molar-refractivity contribution is -0.145. The normalized spacial score (nSPS) is 14.0. The molecule has 5 nitrogen and oxygen atoms in total. The third-order valence-corrected chi connectivity index (χ3v) is 1.45. The van der Waals surface area contributed by atoms with E-state index in [1.807, 2.05) is 0 Å². The van der Waals surface area contributed by atoms with Gasteiger partial charge in [0.25, 0.3) is 0 Å². The molecule has 0 aliphatic rings. The van der Waals surface area contributed by atoms with Gasteiger partial charge in [-0.15, -0.1) is 12.4 Å². The van der Waals surface area contributed by atoms with Crippen LogP contribution in [0, 0.1) is 0 Å². The highest BCUT2D eigenvalue weighted by Crippen LogP contribution is 2.10. The number of carboxylic acids is 2. The minimum atomic E-state index is -2.06. The Morgan fingerprint density at radius 2 is 1.85 bits per heavy atom. The number of rotatable bonds is 5. The Kier molecular flexibility index (Phi) is 6.43. The van der Waals surface area contributed by atoms with Crippen molar-refractivity contribution in [3.63, 3.8) is 0 Å². The maximum Gasteiger partial charge on any atom is 0.326 e. The fraction of sp³-hybridized carbons (Fsp3) is 0.667. The van der Waals surface area contributed by atoms with Gasteiger partial charge in [-0.2, -0.15) is 0 Å². The molecule has 7 heteroatoms. The quantitative estimate of drug-likeness (QED) is 0.601. The van der Waals surface area contributed by atoms with E-state index < -0.39 is 37.0 Å². The fourth-order valence-corrected chi connectivity index (χ4v) is 0.561. The first kappa shape index (κ1) is 14.6. The number of carboxylic acid groups (broad SMARTS) is 2. The van der Waals surface area contributed by atoms with Gasteiger partial charge in [-0.25, -0.2) is 4.39 Å². The third-order valence-electron chi connectivity index (χ3n) is 1.45. The van der Waals surface area contributed by atoms with Gasteiger partial charge in [0.05, 0.1) is 0 Å². The SMILES string of the molecule is Cl.NC(CF)(CCC(=O)O)C(=O)O. The van der Waals surface area contributed by atoms with Crippen LogP contribution >= 0.6 is 12.4 Å². The van der Waals surface area contributed by atoms with Crippen LogP contribution in [-0.4, -0.2) is 34.4 Å². The highest BCUT2D eigenvalue weighted by atomic mass is 35.5. The summed E-state index contributed by atoms with van der Waals surface area (Å²) in [5, 5.41) is 16.6. The minimum absolute atomic E-state index is 0. The van der Waals surface area contributed by atoms with Crippen molar-refractivity contribution in [3.05, 3.63) is 0 Å². The van der Waals surface area contributed by atoms with Gasteiger partial charge in [-0.05, 0) is 6.42 Å². The molecule has 0 aliphatic heterocycles. The molecule has 4 N–H and O–H groups in total. The van der Waals surface area contributed by atoms with Crippen LogP contribution in [-0.2, 0) is 9.59 Å². The summed E-state index contributed by atoms with van der Waals surface area (Å²) in [4.78, 5) is 20.3. The molecule has 0 bridgehead atoms. The molecule has 0 saturated carbocycles. The number of nitrogens with two attached hydrogens (primary N) is 1. The first-order valence-electron chi connectivity index (χ1n) is 3.22. The second-order valence-electron chi connectivity index (χ2n) is 2.49. The van der Waals surface area contributed by atoms with Gasteiger partial charge in [0, 0.05) is 6.42 Å². The molecule has 0 aromatic rings. The maximum absolute atomic E-state index is 12.0. The number of hydrogen-bond donors (Lipinski definition) is 3. The van der Waals surface area contributed by atoms with Crippen LogP contribution in [0.4, 0.5) is 4.39 Å². The van der Waals surface area contributed by atoms with E-state index in [4.69, 9.17) is 15.9 Å². The Bertz CT molecular complexity index is 201. The monoisotopic (exact) mass is 215 g/mol. The predicted octanol–water partition coefficient (Wildman–Crippen LogP) is 0.0246. The highest BCUT2D eigenvalue weighted by molar-refractivity contribution is 5.85. The van der Waals surface area contributed by atoms with Gasteiger partial charge in [0.2, 0.25) is 0 Å². The molecule has 1 unspecified atom stereocenters. The van der Waals surface area contributed by atoms with Crippen molar-refractivity contribution in [2.45, 2.75) is 18.4 Å². The smallest absolute Gasteiger partial charge is 0.326 e. The fourth-order valence-electron chi connectivity index (χ4n) is 0.561. The van der Waals surface area contributed by atoms with Crippen LogP contribution in [0.15, 0.2) is 0 Å². The summed E-state index contributed by atoms with van der Waals surface area (Å²) in [6.07, 6.45) is -0.860. The van der Waals surface area contributed by atoms with Crippen LogP contribution < -0.4 is 5.73 Å². The lowest BCUT2D eigenvalue weighted by Gasteiger charge is -2.19. The van der Waals surface area contributed by atoms with Crippen molar-refractivity contribution >= 4 is 24.3 Å². The van der Waals surface area contributed by atoms with Gasteiger partial charge in [0.15, 0.2) is 0 Å². The second-order valence-corrected chi connectivity index (χ2v) is 2.49. The molecule has 0 aromatic carbocycles. The van der Waals surface area contributed by atoms with E-state index >= 15 is 0 Å². The van der Waals surface area contributed by atoms with Crippen LogP contribution in [0.25, 0.3) is 0 Å². The molecular formula is C6H11ClFNO4. The largest absolute Gasteiger partial charge is 0.481 e. The van der Waals surface area contributed by atoms with E-state index in [-0.39, 0.29) is 12.4 Å². The van der Waals surface area contributed by atoms with Gasteiger partial charge >= 0.3 is 11.9 Å². The zero-order chi connectivity index (χ0) is 9.78. The van der Waals surface area contributed by atoms with Crippen molar-refractivity contribution in [2.75, 3.05) is 6.67 Å². The molecular weight excluding hydrogens is 205 g/mol. The third kappa shape index (κ3) is 4.64. The molecule has 0 radical (unpaired) electrons. The van der Waals surface area contributed by atoms with Crippen molar-refractivity contribution in [1.29, 1.82) is 0 Å². The Hall–Kier alpha value is -0.880. The molecule has 1 atom stereocenters. The topological polar surface area (TPSA) is 101 Å². The second kappa shape index (κ2) is 5.71. The van der Waals surface area contributed by atoms with Gasteiger partial charge in [0.1, 0.15) is 12.2 Å². The summed E-state index contributed by atoms with van der Waals surface area (Å²) < 4.78 is 12.0. The summed E-state index contributed by atoms with van der Waals surface area (Å²) in [6, 6.07) is 0. The molecule has 0 saturated heterocycles. The Labute approximate surface area is 80.1 Å². The molecule has 0 aromatic heterocycles. The summed E-state index contributed by atoms with van der Waals surface area (Å²) >= 11 is 0. The lowest BCUT2D eigenvalue weighted by Crippen LogP contribution is -2.50.